The fraction of sp³-hybridized carbons (Fsp3) is 0.464. The maximum atomic E-state index is 12.4. The van der Waals surface area contributed by atoms with Crippen LogP contribution < -0.4 is 37.4 Å². The summed E-state index contributed by atoms with van der Waals surface area (Å²) in [5, 5.41) is 26.4. The van der Waals surface area contributed by atoms with E-state index in [0.29, 0.717) is 43.8 Å². The second-order valence-electron chi connectivity index (χ2n) is 23.3. The van der Waals surface area contributed by atoms with Gasteiger partial charge in [0.2, 0.25) is 31.5 Å². The van der Waals surface area contributed by atoms with E-state index in [1.54, 1.807) is 56.3 Å². The zero-order valence-corrected chi connectivity index (χ0v) is 54.0. The van der Waals surface area contributed by atoms with Crippen LogP contribution in [0, 0.1) is 27.0 Å². The molecule has 0 heterocycles. The van der Waals surface area contributed by atoms with Gasteiger partial charge in [-0.25, -0.2) is 9.69 Å². The molecule has 4 amide bonds. The standard InChI is InChI=1S/C19H19ClN4O4.C18H28ClN3O2Si.C13H21NO2Si.C6H15ClSi/c1-10-14(8-9-15(21-3)16(10)20)22-17(11(2)25)19(28)24-23-18(27)12-4-6-13(26)7-5-12;1-11-13(9-10-14(21-6)15(11)19)22-16(17(20)23)12(2)24-25(7,8)18(3,4)5;1-13(2,3)17(4,5)16-11-8-6-10(7-9-11)12(14)15;1-6(2,3)8(4,5)7/h4-9,11,17,22,25-26H,1-2H3,(H,23,27)(H,24,28);9-10,12,16,22H,1-5,7-8H3,(H2,20,23);6-9H,1-5H3,(H2,14,15);1-5H3/t11-,17-;12-,16-;;/m11../s1. The first-order chi connectivity index (χ1) is 35.4. The van der Waals surface area contributed by atoms with Crippen molar-refractivity contribution in [1.29, 1.82) is 0 Å². The second-order valence-corrected chi connectivity index (χ2v) is 40.8. The van der Waals surface area contributed by atoms with E-state index in [1.165, 1.54) is 37.3 Å². The number of nitrogens with two attached hydrogens (primary N) is 2. The number of phenols is 1. The molecular weight excluding hydrogens is 1100 g/mol. The first kappa shape index (κ1) is 70.4. The first-order valence-electron chi connectivity index (χ1n) is 25.1. The van der Waals surface area contributed by atoms with Crippen LogP contribution in [0.2, 0.25) is 64.4 Å². The quantitative estimate of drug-likeness (QED) is 0.0257. The molecule has 10 N–H and O–H groups in total. The Hall–Kier alpha value is -5.62. The highest BCUT2D eigenvalue weighted by molar-refractivity contribution is 7.20. The lowest BCUT2D eigenvalue weighted by Gasteiger charge is -2.40. The number of aliphatic hydroxyl groups excluding tert-OH is 1. The highest BCUT2D eigenvalue weighted by atomic mass is 35.6. The summed E-state index contributed by atoms with van der Waals surface area (Å²) in [7, 11) is -5.24. The van der Waals surface area contributed by atoms with Crippen molar-refractivity contribution in [1.82, 2.24) is 10.9 Å². The number of benzene rings is 4. The molecule has 0 aliphatic carbocycles. The predicted octanol–water partition coefficient (Wildman–Crippen LogP) is 13.8. The van der Waals surface area contributed by atoms with Crippen LogP contribution in [0.5, 0.6) is 11.5 Å². The van der Waals surface area contributed by atoms with E-state index in [9.17, 15) is 29.4 Å². The van der Waals surface area contributed by atoms with Gasteiger partial charge in [0.05, 0.1) is 35.4 Å². The Bertz CT molecular complexity index is 2770. The molecule has 0 bridgehead atoms. The van der Waals surface area contributed by atoms with Gasteiger partial charge < -0.3 is 41.2 Å². The Morgan fingerprint density at radius 3 is 1.37 bits per heavy atom. The molecule has 0 aliphatic rings. The van der Waals surface area contributed by atoms with Crippen LogP contribution in [-0.2, 0) is 14.0 Å². The van der Waals surface area contributed by atoms with Crippen LogP contribution in [0.3, 0.4) is 0 Å². The normalized spacial score (nSPS) is 13.2. The van der Waals surface area contributed by atoms with E-state index in [-0.39, 0.29) is 32.1 Å². The van der Waals surface area contributed by atoms with Crippen molar-refractivity contribution in [3.63, 3.8) is 0 Å². The molecule has 0 saturated heterocycles. The number of amides is 4. The zero-order valence-electron chi connectivity index (χ0n) is 48.8. The monoisotopic (exact) mass is 1180 g/mol. The van der Waals surface area contributed by atoms with Crippen molar-refractivity contribution in [3.8, 4) is 11.5 Å². The number of anilines is 2. The van der Waals surface area contributed by atoms with Crippen molar-refractivity contribution in [2.24, 2.45) is 11.5 Å². The fourth-order valence-electron chi connectivity index (χ4n) is 5.71. The molecule has 22 heteroatoms. The van der Waals surface area contributed by atoms with Gasteiger partial charge in [-0.1, -0.05) is 111 Å². The summed E-state index contributed by atoms with van der Waals surface area (Å²) >= 11 is 18.5. The van der Waals surface area contributed by atoms with Crippen molar-refractivity contribution in [3.05, 3.63) is 128 Å². The van der Waals surface area contributed by atoms with Gasteiger partial charge in [-0.3, -0.25) is 30.0 Å². The van der Waals surface area contributed by atoms with E-state index in [0.717, 1.165) is 5.75 Å². The molecule has 4 rings (SSSR count). The Labute approximate surface area is 481 Å². The van der Waals surface area contributed by atoms with Crippen LogP contribution in [-0.4, -0.2) is 82.2 Å². The fourth-order valence-corrected chi connectivity index (χ4v) is 8.58. The summed E-state index contributed by atoms with van der Waals surface area (Å²) in [4.78, 5) is 54.1. The number of hydrogen-bond acceptors (Lipinski definition) is 10. The Balaban J connectivity index is 0.000000558. The number of nitrogens with one attached hydrogen (secondary N) is 4. The van der Waals surface area contributed by atoms with Crippen molar-refractivity contribution < 1.29 is 38.2 Å². The van der Waals surface area contributed by atoms with Crippen LogP contribution in [0.1, 0.15) is 108 Å². The molecule has 0 unspecified atom stereocenters. The number of phenolic OH excluding ortho intramolecular Hbond substituents is 1. The van der Waals surface area contributed by atoms with Gasteiger partial charge >= 0.3 is 0 Å². The minimum atomic E-state index is -2.05. The molecule has 16 nitrogen and oxygen atoms in total. The largest absolute Gasteiger partial charge is 0.544 e. The average molecular weight is 1190 g/mol. The lowest BCUT2D eigenvalue weighted by molar-refractivity contribution is -0.124. The van der Waals surface area contributed by atoms with Crippen molar-refractivity contribution in [2.75, 3.05) is 10.6 Å². The van der Waals surface area contributed by atoms with Gasteiger partial charge in [0.1, 0.15) is 23.6 Å². The van der Waals surface area contributed by atoms with Gasteiger partial charge in [0, 0.05) is 22.5 Å². The summed E-state index contributed by atoms with van der Waals surface area (Å²) in [6, 6.07) is 17.2. The van der Waals surface area contributed by atoms with Crippen LogP contribution in [0.4, 0.5) is 22.7 Å². The van der Waals surface area contributed by atoms with Crippen LogP contribution in [0.25, 0.3) is 9.69 Å². The molecular formula is C56H83Cl3N8O8Si3. The Kier molecular flexibility index (Phi) is 26.2. The topological polar surface area (TPSA) is 236 Å². The number of carbonyl (C=O) groups is 4. The van der Waals surface area contributed by atoms with E-state index >= 15 is 0 Å². The first-order valence-corrected chi connectivity index (χ1v) is 35.7. The summed E-state index contributed by atoms with van der Waals surface area (Å²) in [6.45, 7) is 53.6. The summed E-state index contributed by atoms with van der Waals surface area (Å²) in [5.41, 5.74) is 19.1. The molecule has 78 heavy (non-hydrogen) atoms. The molecule has 0 aliphatic heterocycles. The van der Waals surface area contributed by atoms with E-state index in [2.05, 4.69) is 133 Å². The highest BCUT2D eigenvalue weighted by Crippen LogP contribution is 2.40. The molecule has 0 spiro atoms. The highest BCUT2D eigenvalue weighted by Gasteiger charge is 2.41. The summed E-state index contributed by atoms with van der Waals surface area (Å²) in [5.74, 6) is -1.34. The van der Waals surface area contributed by atoms with Crippen molar-refractivity contribution >= 4 is 105 Å². The predicted molar refractivity (Wildman–Crippen MR) is 328 cm³/mol. The Morgan fingerprint density at radius 1 is 0.628 bits per heavy atom. The van der Waals surface area contributed by atoms with Crippen LogP contribution in [0.15, 0.2) is 72.8 Å². The molecule has 4 aromatic rings. The van der Waals surface area contributed by atoms with E-state index in [1.807, 2.05) is 6.92 Å². The second kappa shape index (κ2) is 29.0. The van der Waals surface area contributed by atoms with Crippen molar-refractivity contribution in [2.45, 2.75) is 169 Å². The van der Waals surface area contributed by atoms with Gasteiger partial charge in [-0.2, -0.15) is 11.1 Å². The third-order valence-electron chi connectivity index (χ3n) is 14.0. The van der Waals surface area contributed by atoms with Gasteiger partial charge in [-0.15, -0.1) is 0 Å². The number of hydrazine groups is 1. The molecule has 0 saturated carbocycles. The van der Waals surface area contributed by atoms with E-state index in [4.69, 9.17) is 67.7 Å². The van der Waals surface area contributed by atoms with Gasteiger partial charge in [-0.05, 0) is 141 Å². The number of rotatable bonds is 14. The minimum Gasteiger partial charge on any atom is -0.544 e. The third kappa shape index (κ3) is 21.2. The van der Waals surface area contributed by atoms with Gasteiger partial charge in [0.25, 0.3) is 11.8 Å². The number of halogens is 3. The maximum absolute atomic E-state index is 12.4. The summed E-state index contributed by atoms with van der Waals surface area (Å²) < 4.78 is 12.4. The van der Waals surface area contributed by atoms with E-state index < -0.39 is 71.9 Å². The third-order valence-corrected chi connectivity index (χ3v) is 29.1. The zero-order chi connectivity index (χ0) is 60.7. The number of nitrogens with zero attached hydrogens (tertiary/aromatic N) is 2. The number of aliphatic hydroxyl groups is 1. The molecule has 4 aromatic carbocycles. The number of hydrogen-bond donors (Lipinski definition) is 8. The smallest absolute Gasteiger partial charge is 0.269 e. The SMILES string of the molecule is CC(C)(C)[Si](C)(C)Cl.CC(C)(C)[Si](C)(C)Oc1ccc(C(N)=O)cc1.[C-]#[N+]c1ccc(N[C@@H](C(=O)NNC(=O)c2ccc(O)cc2)[C@@H](C)O)c(C)c1Cl.[C-]#[N+]c1ccc(N[C@@H](C(N)=O)[C@@H](C)O[Si](C)(C)C(C)(C)C)c(C)c1Cl. The molecule has 0 radical (unpaired) electrons. The van der Waals surface area contributed by atoms with Gasteiger partial charge in [0.15, 0.2) is 15.7 Å². The molecule has 0 aromatic heterocycles. The van der Waals surface area contributed by atoms with Crippen LogP contribution >= 0.6 is 34.3 Å². The minimum absolute atomic E-state index is 0.0113. The summed E-state index contributed by atoms with van der Waals surface area (Å²) in [6.07, 6.45) is -1.48. The molecule has 0 fully saturated rings. The number of aromatic hydroxyl groups is 1. The lowest BCUT2D eigenvalue weighted by Crippen LogP contribution is -2.52. The maximum Gasteiger partial charge on any atom is 0.269 e. The lowest BCUT2D eigenvalue weighted by atomic mass is 10.1. The number of carbonyl (C=O) groups excluding carboxylic acids is 4. The average Bonchev–Trinajstić information content (AvgIpc) is 3.30. The number of primary amides is 2. The molecule has 4 atom stereocenters. The molecule has 428 valence electrons. The Morgan fingerprint density at radius 2 is 1.03 bits per heavy atom.